The van der Waals surface area contributed by atoms with Crippen LogP contribution in [0.2, 0.25) is 0 Å². The molecule has 0 heterocycles. The molecule has 2 rings (SSSR count). The highest BCUT2D eigenvalue weighted by Gasteiger charge is 2.22. The van der Waals surface area contributed by atoms with E-state index in [-0.39, 0.29) is 12.4 Å². The maximum atomic E-state index is 12.2. The van der Waals surface area contributed by atoms with Gasteiger partial charge in [0.1, 0.15) is 12.4 Å². The van der Waals surface area contributed by atoms with Crippen molar-refractivity contribution < 1.29 is 22.1 Å². The first-order chi connectivity index (χ1) is 10.9. The molecule has 0 N–H and O–H groups in total. The van der Waals surface area contributed by atoms with E-state index in [0.717, 1.165) is 11.8 Å². The van der Waals surface area contributed by atoms with Crippen molar-refractivity contribution in [1.82, 2.24) is 0 Å². The second kappa shape index (κ2) is 7.28. The Kier molecular flexibility index (Phi) is 5.39. The number of benzene rings is 2. The van der Waals surface area contributed by atoms with Gasteiger partial charge >= 0.3 is 16.1 Å². The van der Waals surface area contributed by atoms with E-state index >= 15 is 0 Å². The smallest absolute Gasteiger partial charge is 0.313 e. The fourth-order valence-corrected chi connectivity index (χ4v) is 2.54. The predicted molar refractivity (Wildman–Crippen MR) is 86.6 cm³/mol. The molecule has 0 bridgehead atoms. The number of esters is 1. The van der Waals surface area contributed by atoms with Gasteiger partial charge in [-0.2, -0.15) is 8.42 Å². The Balaban J connectivity index is 2.10. The van der Waals surface area contributed by atoms with Crippen molar-refractivity contribution in [2.24, 2.45) is 0 Å². The minimum atomic E-state index is -3.67. The molecule has 0 amide bonds. The van der Waals surface area contributed by atoms with Crippen LogP contribution in [0.1, 0.15) is 24.0 Å². The van der Waals surface area contributed by atoms with Gasteiger partial charge < -0.3 is 8.92 Å². The third kappa shape index (κ3) is 5.10. The van der Waals surface area contributed by atoms with Gasteiger partial charge in [-0.25, -0.2) is 0 Å². The standard InChI is InChI=1S/C17H18O5S/c1-13(17(18)21-12-14-8-4-3-5-9-14)15-10-6-7-11-16(15)22-23(2,19)20/h3-11,13H,12H2,1-2H3. The van der Waals surface area contributed by atoms with Crippen LogP contribution in [0.3, 0.4) is 0 Å². The first-order valence-electron chi connectivity index (χ1n) is 7.06. The largest absolute Gasteiger partial charge is 0.460 e. The zero-order valence-corrected chi connectivity index (χ0v) is 13.7. The summed E-state index contributed by atoms with van der Waals surface area (Å²) in [4.78, 5) is 12.2. The highest BCUT2D eigenvalue weighted by molar-refractivity contribution is 7.86. The van der Waals surface area contributed by atoms with Crippen LogP contribution in [-0.2, 0) is 26.3 Å². The van der Waals surface area contributed by atoms with Crippen molar-refractivity contribution in [2.75, 3.05) is 6.26 Å². The number of hydrogen-bond donors (Lipinski definition) is 0. The van der Waals surface area contributed by atoms with Gasteiger partial charge in [-0.15, -0.1) is 0 Å². The average molecular weight is 334 g/mol. The molecule has 0 saturated carbocycles. The third-order valence-corrected chi connectivity index (χ3v) is 3.69. The Labute approximate surface area is 136 Å². The zero-order valence-electron chi connectivity index (χ0n) is 12.9. The summed E-state index contributed by atoms with van der Waals surface area (Å²) >= 11 is 0. The van der Waals surface area contributed by atoms with E-state index in [1.807, 2.05) is 30.3 Å². The lowest BCUT2D eigenvalue weighted by atomic mass is 10.0. The zero-order chi connectivity index (χ0) is 16.9. The molecule has 0 radical (unpaired) electrons. The lowest BCUT2D eigenvalue weighted by Crippen LogP contribution is -2.15. The molecular formula is C17H18O5S. The molecule has 0 fully saturated rings. The van der Waals surface area contributed by atoms with Crippen LogP contribution < -0.4 is 4.18 Å². The van der Waals surface area contributed by atoms with E-state index in [1.165, 1.54) is 6.07 Å². The quantitative estimate of drug-likeness (QED) is 0.600. The van der Waals surface area contributed by atoms with Crippen molar-refractivity contribution in [3.05, 3.63) is 65.7 Å². The lowest BCUT2D eigenvalue weighted by molar-refractivity contribution is -0.146. The maximum Gasteiger partial charge on any atom is 0.313 e. The van der Waals surface area contributed by atoms with E-state index in [2.05, 4.69) is 0 Å². The van der Waals surface area contributed by atoms with E-state index in [4.69, 9.17) is 8.92 Å². The first-order valence-corrected chi connectivity index (χ1v) is 8.87. The van der Waals surface area contributed by atoms with Gasteiger partial charge in [0.05, 0.1) is 12.2 Å². The molecule has 122 valence electrons. The highest BCUT2D eigenvalue weighted by Crippen LogP contribution is 2.28. The number of rotatable bonds is 6. The third-order valence-electron chi connectivity index (χ3n) is 3.20. The monoisotopic (exact) mass is 334 g/mol. The van der Waals surface area contributed by atoms with Crippen molar-refractivity contribution in [1.29, 1.82) is 0 Å². The van der Waals surface area contributed by atoms with Gasteiger partial charge in [-0.1, -0.05) is 48.5 Å². The van der Waals surface area contributed by atoms with E-state index in [0.29, 0.717) is 5.56 Å². The van der Waals surface area contributed by atoms with Gasteiger partial charge in [-0.05, 0) is 18.6 Å². The summed E-state index contributed by atoms with van der Waals surface area (Å²) in [6.45, 7) is 1.82. The van der Waals surface area contributed by atoms with Crippen LogP contribution in [0.5, 0.6) is 5.75 Å². The minimum Gasteiger partial charge on any atom is -0.460 e. The number of hydrogen-bond acceptors (Lipinski definition) is 5. The Morgan fingerprint density at radius 3 is 2.30 bits per heavy atom. The summed E-state index contributed by atoms with van der Waals surface area (Å²) in [7, 11) is -3.67. The Hall–Kier alpha value is -2.34. The van der Waals surface area contributed by atoms with Gasteiger partial charge in [0.25, 0.3) is 0 Å². The first kappa shape index (κ1) is 17.0. The summed E-state index contributed by atoms with van der Waals surface area (Å²) in [6, 6.07) is 15.8. The molecule has 0 saturated heterocycles. The normalized spacial score (nSPS) is 12.4. The molecule has 2 aromatic carbocycles. The molecular weight excluding hydrogens is 316 g/mol. The summed E-state index contributed by atoms with van der Waals surface area (Å²) < 4.78 is 32.9. The van der Waals surface area contributed by atoms with Crippen molar-refractivity contribution in [3.63, 3.8) is 0 Å². The van der Waals surface area contributed by atoms with Crippen molar-refractivity contribution in [2.45, 2.75) is 19.4 Å². The second-order valence-electron chi connectivity index (χ2n) is 5.14. The van der Waals surface area contributed by atoms with E-state index in [9.17, 15) is 13.2 Å². The van der Waals surface area contributed by atoms with Crippen LogP contribution in [0.25, 0.3) is 0 Å². The topological polar surface area (TPSA) is 69.7 Å². The highest BCUT2D eigenvalue weighted by atomic mass is 32.2. The summed E-state index contributed by atoms with van der Waals surface area (Å²) in [6.07, 6.45) is 0.960. The molecule has 6 heteroatoms. The fourth-order valence-electron chi connectivity index (χ4n) is 2.06. The number of carbonyl (C=O) groups is 1. The maximum absolute atomic E-state index is 12.2. The second-order valence-corrected chi connectivity index (χ2v) is 6.72. The van der Waals surface area contributed by atoms with Gasteiger partial charge in [0.2, 0.25) is 0 Å². The Morgan fingerprint density at radius 2 is 1.65 bits per heavy atom. The number of carbonyl (C=O) groups excluding carboxylic acids is 1. The van der Waals surface area contributed by atoms with Crippen LogP contribution >= 0.6 is 0 Å². The summed E-state index contributed by atoms with van der Waals surface area (Å²) in [5, 5.41) is 0. The molecule has 1 atom stereocenters. The number of para-hydroxylation sites is 1. The lowest BCUT2D eigenvalue weighted by Gasteiger charge is -2.15. The summed E-state index contributed by atoms with van der Waals surface area (Å²) in [5.41, 5.74) is 1.35. The molecule has 23 heavy (non-hydrogen) atoms. The molecule has 2 aromatic rings. The molecule has 0 spiro atoms. The van der Waals surface area contributed by atoms with Crippen LogP contribution in [-0.4, -0.2) is 20.6 Å². The van der Waals surface area contributed by atoms with Crippen molar-refractivity contribution >= 4 is 16.1 Å². The molecule has 0 aliphatic carbocycles. The molecule has 0 aliphatic rings. The fraction of sp³-hybridized carbons (Fsp3) is 0.235. The van der Waals surface area contributed by atoms with Gasteiger partial charge in [0, 0.05) is 5.56 Å². The van der Waals surface area contributed by atoms with Crippen LogP contribution in [0.4, 0.5) is 0 Å². The van der Waals surface area contributed by atoms with E-state index in [1.54, 1.807) is 25.1 Å². The van der Waals surface area contributed by atoms with Crippen LogP contribution in [0, 0.1) is 0 Å². The van der Waals surface area contributed by atoms with Crippen molar-refractivity contribution in [3.8, 4) is 5.75 Å². The number of ether oxygens (including phenoxy) is 1. The molecule has 5 nitrogen and oxygen atoms in total. The minimum absolute atomic E-state index is 0.138. The van der Waals surface area contributed by atoms with E-state index < -0.39 is 22.0 Å². The molecule has 0 aromatic heterocycles. The molecule has 0 aliphatic heterocycles. The Morgan fingerprint density at radius 1 is 1.04 bits per heavy atom. The van der Waals surface area contributed by atoms with Gasteiger partial charge in [0.15, 0.2) is 0 Å². The Bertz CT molecular complexity index is 769. The average Bonchev–Trinajstić information content (AvgIpc) is 2.52. The SMILES string of the molecule is CC(C(=O)OCc1ccccc1)c1ccccc1OS(C)(=O)=O. The van der Waals surface area contributed by atoms with Crippen LogP contribution in [0.15, 0.2) is 54.6 Å². The predicted octanol–water partition coefficient (Wildman–Crippen LogP) is 2.87. The van der Waals surface area contributed by atoms with Gasteiger partial charge in [-0.3, -0.25) is 4.79 Å². The molecule has 1 unspecified atom stereocenters. The summed E-state index contributed by atoms with van der Waals surface area (Å²) in [5.74, 6) is -0.950.